The van der Waals surface area contributed by atoms with Crippen LogP contribution < -0.4 is 0 Å². The zero-order valence-electron chi connectivity index (χ0n) is 10.6. The minimum atomic E-state index is -0.788. The van der Waals surface area contributed by atoms with E-state index < -0.39 is 5.97 Å². The molecule has 0 saturated heterocycles. The molecule has 0 aliphatic heterocycles. The fourth-order valence-corrected chi connectivity index (χ4v) is 1.67. The highest BCUT2D eigenvalue weighted by Crippen LogP contribution is 2.16. The van der Waals surface area contributed by atoms with Gasteiger partial charge in [0.25, 0.3) is 0 Å². The fraction of sp³-hybridized carbons (Fsp3) is 0.400. The molecule has 2 heteroatoms. The van der Waals surface area contributed by atoms with E-state index in [0.29, 0.717) is 0 Å². The van der Waals surface area contributed by atoms with Gasteiger partial charge in [0.05, 0.1) is 6.42 Å². The molecule has 0 heterocycles. The second-order valence-electron chi connectivity index (χ2n) is 4.29. The maximum Gasteiger partial charge on any atom is 0.307 e. The van der Waals surface area contributed by atoms with Crippen molar-refractivity contribution in [1.82, 2.24) is 0 Å². The van der Waals surface area contributed by atoms with Crippen molar-refractivity contribution in [2.24, 2.45) is 0 Å². The first-order valence-corrected chi connectivity index (χ1v) is 6.11. The van der Waals surface area contributed by atoms with Crippen molar-refractivity contribution in [3.63, 3.8) is 0 Å². The minimum Gasteiger partial charge on any atom is -0.481 e. The van der Waals surface area contributed by atoms with Crippen molar-refractivity contribution in [1.29, 1.82) is 0 Å². The lowest BCUT2D eigenvalue weighted by Crippen LogP contribution is -1.91. The highest BCUT2D eigenvalue weighted by molar-refractivity contribution is 5.73. The Bertz CT molecular complexity index is 388. The van der Waals surface area contributed by atoms with Crippen LogP contribution in [-0.2, 0) is 11.2 Å². The summed E-state index contributed by atoms with van der Waals surface area (Å²) in [6.07, 6.45) is 5.38. The number of benzene rings is 1. The SMILES string of the molecule is CCCCc1ccc(/C(C)=C/CC(=O)O)cc1. The smallest absolute Gasteiger partial charge is 0.307 e. The highest BCUT2D eigenvalue weighted by Gasteiger charge is 1.98. The van der Waals surface area contributed by atoms with E-state index in [0.717, 1.165) is 17.6 Å². The second-order valence-corrected chi connectivity index (χ2v) is 4.29. The number of hydrogen-bond acceptors (Lipinski definition) is 1. The third-order valence-corrected chi connectivity index (χ3v) is 2.81. The second kappa shape index (κ2) is 6.89. The predicted molar refractivity (Wildman–Crippen MR) is 71.0 cm³/mol. The van der Waals surface area contributed by atoms with Gasteiger partial charge in [0.15, 0.2) is 0 Å². The molecule has 0 bridgehead atoms. The van der Waals surface area contributed by atoms with Gasteiger partial charge in [-0.3, -0.25) is 4.79 Å². The number of aliphatic carboxylic acids is 1. The van der Waals surface area contributed by atoms with Crippen LogP contribution in [0.15, 0.2) is 30.3 Å². The summed E-state index contributed by atoms with van der Waals surface area (Å²) in [5, 5.41) is 8.61. The van der Waals surface area contributed by atoms with Crippen molar-refractivity contribution in [2.75, 3.05) is 0 Å². The lowest BCUT2D eigenvalue weighted by atomic mass is 10.0. The summed E-state index contributed by atoms with van der Waals surface area (Å²) in [7, 11) is 0. The van der Waals surface area contributed by atoms with Gasteiger partial charge in [0.1, 0.15) is 0 Å². The minimum absolute atomic E-state index is 0.0867. The summed E-state index contributed by atoms with van der Waals surface area (Å²) in [6.45, 7) is 4.14. The molecule has 17 heavy (non-hydrogen) atoms. The lowest BCUT2D eigenvalue weighted by Gasteiger charge is -2.04. The Morgan fingerprint density at radius 3 is 2.47 bits per heavy atom. The van der Waals surface area contributed by atoms with Crippen LogP contribution in [0.25, 0.3) is 5.57 Å². The summed E-state index contributed by atoms with van der Waals surface area (Å²) >= 11 is 0. The van der Waals surface area contributed by atoms with Crippen LogP contribution in [0.5, 0.6) is 0 Å². The van der Waals surface area contributed by atoms with E-state index in [1.54, 1.807) is 6.08 Å². The molecule has 1 aromatic rings. The summed E-state index contributed by atoms with van der Waals surface area (Å²) in [6, 6.07) is 8.39. The van der Waals surface area contributed by atoms with Gasteiger partial charge in [-0.05, 0) is 36.5 Å². The Hall–Kier alpha value is -1.57. The molecule has 1 aromatic carbocycles. The van der Waals surface area contributed by atoms with Crippen LogP contribution >= 0.6 is 0 Å². The zero-order valence-corrected chi connectivity index (χ0v) is 10.6. The normalized spacial score (nSPS) is 11.5. The van der Waals surface area contributed by atoms with Crippen LogP contribution in [0.2, 0.25) is 0 Å². The van der Waals surface area contributed by atoms with Crippen molar-refractivity contribution >= 4 is 11.5 Å². The first-order valence-electron chi connectivity index (χ1n) is 6.11. The molecule has 92 valence electrons. The molecule has 0 amide bonds. The third kappa shape index (κ3) is 4.85. The molecule has 0 spiro atoms. The van der Waals surface area contributed by atoms with Crippen molar-refractivity contribution in [3.8, 4) is 0 Å². The Balaban J connectivity index is 2.66. The van der Waals surface area contributed by atoms with E-state index in [2.05, 4.69) is 31.2 Å². The molecule has 0 aliphatic rings. The predicted octanol–water partition coefficient (Wildman–Crippen LogP) is 3.91. The molecular formula is C15H20O2. The molecule has 0 aromatic heterocycles. The molecule has 0 radical (unpaired) electrons. The number of hydrogen-bond donors (Lipinski definition) is 1. The van der Waals surface area contributed by atoms with Crippen LogP contribution in [0.3, 0.4) is 0 Å². The van der Waals surface area contributed by atoms with Gasteiger partial charge >= 0.3 is 5.97 Å². The number of unbranched alkanes of at least 4 members (excludes halogenated alkanes) is 1. The van der Waals surface area contributed by atoms with Gasteiger partial charge in [-0.25, -0.2) is 0 Å². The Morgan fingerprint density at radius 2 is 1.94 bits per heavy atom. The average molecular weight is 232 g/mol. The summed E-state index contributed by atoms with van der Waals surface area (Å²) < 4.78 is 0. The van der Waals surface area contributed by atoms with Gasteiger partial charge < -0.3 is 5.11 Å². The quantitative estimate of drug-likeness (QED) is 0.807. The Kier molecular flexibility index (Phi) is 5.47. The van der Waals surface area contributed by atoms with Gasteiger partial charge in [-0.1, -0.05) is 43.7 Å². The van der Waals surface area contributed by atoms with E-state index in [1.165, 1.54) is 18.4 Å². The lowest BCUT2D eigenvalue weighted by molar-refractivity contribution is -0.135. The molecule has 0 atom stereocenters. The Morgan fingerprint density at radius 1 is 1.29 bits per heavy atom. The molecule has 0 aliphatic carbocycles. The topological polar surface area (TPSA) is 37.3 Å². The van der Waals surface area contributed by atoms with E-state index in [9.17, 15) is 4.79 Å². The molecule has 0 unspecified atom stereocenters. The third-order valence-electron chi connectivity index (χ3n) is 2.81. The largest absolute Gasteiger partial charge is 0.481 e. The molecule has 0 saturated carbocycles. The molecule has 0 fully saturated rings. The van der Waals surface area contributed by atoms with Crippen molar-refractivity contribution in [2.45, 2.75) is 39.5 Å². The number of carboxylic acids is 1. The summed E-state index contributed by atoms with van der Waals surface area (Å²) in [5.74, 6) is -0.788. The molecule has 1 N–H and O–H groups in total. The monoisotopic (exact) mass is 232 g/mol. The van der Waals surface area contributed by atoms with E-state index >= 15 is 0 Å². The molecule has 1 rings (SSSR count). The Labute approximate surface area is 103 Å². The van der Waals surface area contributed by atoms with E-state index in [4.69, 9.17) is 5.11 Å². The van der Waals surface area contributed by atoms with Crippen LogP contribution in [0.1, 0.15) is 44.2 Å². The number of aryl methyl sites for hydroxylation is 1. The van der Waals surface area contributed by atoms with E-state index in [-0.39, 0.29) is 6.42 Å². The number of allylic oxidation sites excluding steroid dienone is 1. The standard InChI is InChI=1S/C15H20O2/c1-3-4-5-13-7-9-14(10-8-13)12(2)6-11-15(16)17/h6-10H,3-5,11H2,1-2H3,(H,16,17)/b12-6+. The summed E-state index contributed by atoms with van der Waals surface area (Å²) in [4.78, 5) is 10.5. The van der Waals surface area contributed by atoms with Gasteiger partial charge in [-0.2, -0.15) is 0 Å². The number of carboxylic acid groups (broad SMARTS) is 1. The van der Waals surface area contributed by atoms with Crippen LogP contribution in [-0.4, -0.2) is 11.1 Å². The molecule has 2 nitrogen and oxygen atoms in total. The van der Waals surface area contributed by atoms with Crippen LogP contribution in [0, 0.1) is 0 Å². The molecular weight excluding hydrogens is 212 g/mol. The zero-order chi connectivity index (χ0) is 12.7. The van der Waals surface area contributed by atoms with Gasteiger partial charge in [0, 0.05) is 0 Å². The van der Waals surface area contributed by atoms with Crippen molar-refractivity contribution < 1.29 is 9.90 Å². The van der Waals surface area contributed by atoms with Gasteiger partial charge in [0.2, 0.25) is 0 Å². The number of rotatable bonds is 6. The first-order chi connectivity index (χ1) is 8.13. The summed E-state index contributed by atoms with van der Waals surface area (Å²) in [5.41, 5.74) is 3.47. The van der Waals surface area contributed by atoms with Crippen LogP contribution in [0.4, 0.5) is 0 Å². The fourth-order valence-electron chi connectivity index (χ4n) is 1.67. The average Bonchev–Trinajstić information content (AvgIpc) is 2.34. The maximum atomic E-state index is 10.5. The van der Waals surface area contributed by atoms with E-state index in [1.807, 2.05) is 6.92 Å². The van der Waals surface area contributed by atoms with Crippen molar-refractivity contribution in [3.05, 3.63) is 41.5 Å². The van der Waals surface area contributed by atoms with Gasteiger partial charge in [-0.15, -0.1) is 0 Å². The first kappa shape index (κ1) is 13.5. The highest BCUT2D eigenvalue weighted by atomic mass is 16.4. The number of carbonyl (C=O) groups is 1. The maximum absolute atomic E-state index is 10.5.